The van der Waals surface area contributed by atoms with Crippen molar-refractivity contribution in [2.75, 3.05) is 26.1 Å². The van der Waals surface area contributed by atoms with Gasteiger partial charge in [0.15, 0.2) is 5.13 Å². The van der Waals surface area contributed by atoms with Gasteiger partial charge >= 0.3 is 0 Å². The largest absolute Gasteiger partial charge is 0.480 e. The van der Waals surface area contributed by atoms with Crippen LogP contribution < -0.4 is 15.0 Å². The minimum Gasteiger partial charge on any atom is -0.480 e. The SMILES string of the molecule is CCC1(NCc2sc(N(C)C)nc2OC)CCC1. The van der Waals surface area contributed by atoms with Crippen LogP contribution in [0.15, 0.2) is 0 Å². The summed E-state index contributed by atoms with van der Waals surface area (Å²) in [6, 6.07) is 0. The van der Waals surface area contributed by atoms with Crippen molar-refractivity contribution in [1.82, 2.24) is 10.3 Å². The van der Waals surface area contributed by atoms with Crippen molar-refractivity contribution in [2.24, 2.45) is 0 Å². The molecule has 0 aliphatic heterocycles. The van der Waals surface area contributed by atoms with Crippen molar-refractivity contribution in [3.63, 3.8) is 0 Å². The number of ether oxygens (including phenoxy) is 1. The molecular weight excluding hydrogens is 246 g/mol. The fourth-order valence-corrected chi connectivity index (χ4v) is 3.21. The maximum atomic E-state index is 5.36. The quantitative estimate of drug-likeness (QED) is 0.861. The fraction of sp³-hybridized carbons (Fsp3) is 0.769. The van der Waals surface area contributed by atoms with Crippen molar-refractivity contribution in [2.45, 2.75) is 44.7 Å². The van der Waals surface area contributed by atoms with Gasteiger partial charge in [0, 0.05) is 26.2 Å². The van der Waals surface area contributed by atoms with Crippen LogP contribution in [-0.4, -0.2) is 31.7 Å². The van der Waals surface area contributed by atoms with Gasteiger partial charge in [-0.3, -0.25) is 0 Å². The lowest BCUT2D eigenvalue weighted by Crippen LogP contribution is -2.49. The van der Waals surface area contributed by atoms with Crippen molar-refractivity contribution in [3.8, 4) is 5.88 Å². The molecule has 1 N–H and O–H groups in total. The number of thiazole rings is 1. The molecule has 5 heteroatoms. The van der Waals surface area contributed by atoms with E-state index in [1.807, 2.05) is 19.0 Å². The number of nitrogens with zero attached hydrogens (tertiary/aromatic N) is 2. The zero-order valence-corrected chi connectivity index (χ0v) is 12.6. The molecule has 1 aromatic heterocycles. The van der Waals surface area contributed by atoms with Crippen LogP contribution in [0.3, 0.4) is 0 Å². The van der Waals surface area contributed by atoms with Gasteiger partial charge in [0.25, 0.3) is 0 Å². The first-order valence-electron chi connectivity index (χ1n) is 6.56. The monoisotopic (exact) mass is 269 g/mol. The molecule has 1 aliphatic carbocycles. The number of nitrogens with one attached hydrogen (secondary N) is 1. The normalized spacial score (nSPS) is 17.3. The van der Waals surface area contributed by atoms with E-state index in [4.69, 9.17) is 4.74 Å². The number of hydrogen-bond acceptors (Lipinski definition) is 5. The van der Waals surface area contributed by atoms with Gasteiger partial charge in [-0.15, -0.1) is 0 Å². The van der Waals surface area contributed by atoms with Gasteiger partial charge in [-0.1, -0.05) is 18.3 Å². The highest BCUT2D eigenvalue weighted by Crippen LogP contribution is 2.36. The maximum absolute atomic E-state index is 5.36. The van der Waals surface area contributed by atoms with Crippen LogP contribution in [-0.2, 0) is 6.54 Å². The first-order chi connectivity index (χ1) is 8.60. The minimum absolute atomic E-state index is 0.368. The Morgan fingerprint density at radius 2 is 2.17 bits per heavy atom. The Balaban J connectivity index is 2.04. The lowest BCUT2D eigenvalue weighted by Gasteiger charge is -2.42. The topological polar surface area (TPSA) is 37.4 Å². The molecule has 0 atom stereocenters. The summed E-state index contributed by atoms with van der Waals surface area (Å²) in [7, 11) is 5.71. The fourth-order valence-electron chi connectivity index (χ4n) is 2.32. The van der Waals surface area contributed by atoms with Crippen molar-refractivity contribution in [3.05, 3.63) is 4.88 Å². The van der Waals surface area contributed by atoms with E-state index < -0.39 is 0 Å². The van der Waals surface area contributed by atoms with E-state index in [1.165, 1.54) is 30.6 Å². The summed E-state index contributed by atoms with van der Waals surface area (Å²) in [6.07, 6.45) is 5.15. The molecule has 0 radical (unpaired) electrons. The van der Waals surface area contributed by atoms with Crippen molar-refractivity contribution < 1.29 is 4.74 Å². The molecule has 1 fully saturated rings. The lowest BCUT2D eigenvalue weighted by molar-refractivity contribution is 0.175. The highest BCUT2D eigenvalue weighted by Gasteiger charge is 2.34. The molecule has 1 aliphatic rings. The van der Waals surface area contributed by atoms with Crippen LogP contribution in [0.1, 0.15) is 37.5 Å². The number of methoxy groups -OCH3 is 1. The zero-order valence-electron chi connectivity index (χ0n) is 11.7. The second kappa shape index (κ2) is 5.45. The summed E-state index contributed by atoms with van der Waals surface area (Å²) >= 11 is 1.71. The predicted octanol–water partition coefficient (Wildman–Crippen LogP) is 2.64. The highest BCUT2D eigenvalue weighted by atomic mass is 32.1. The van der Waals surface area contributed by atoms with E-state index in [2.05, 4.69) is 17.2 Å². The molecule has 0 amide bonds. The van der Waals surface area contributed by atoms with Gasteiger partial charge in [0.2, 0.25) is 5.88 Å². The Labute approximate surface area is 113 Å². The van der Waals surface area contributed by atoms with E-state index in [1.54, 1.807) is 18.4 Å². The molecule has 102 valence electrons. The highest BCUT2D eigenvalue weighted by molar-refractivity contribution is 7.15. The van der Waals surface area contributed by atoms with E-state index in [0.717, 1.165) is 17.6 Å². The predicted molar refractivity (Wildman–Crippen MR) is 76.7 cm³/mol. The van der Waals surface area contributed by atoms with Gasteiger partial charge in [-0.25, -0.2) is 0 Å². The summed E-state index contributed by atoms with van der Waals surface area (Å²) in [5.74, 6) is 0.766. The summed E-state index contributed by atoms with van der Waals surface area (Å²) < 4.78 is 5.36. The maximum Gasteiger partial charge on any atom is 0.230 e. The van der Waals surface area contributed by atoms with E-state index >= 15 is 0 Å². The van der Waals surface area contributed by atoms with Crippen LogP contribution in [0, 0.1) is 0 Å². The van der Waals surface area contributed by atoms with Crippen molar-refractivity contribution >= 4 is 16.5 Å². The molecule has 2 rings (SSSR count). The molecule has 1 heterocycles. The van der Waals surface area contributed by atoms with Gasteiger partial charge in [-0.2, -0.15) is 4.98 Å². The summed E-state index contributed by atoms with van der Waals surface area (Å²) in [4.78, 5) is 7.70. The van der Waals surface area contributed by atoms with Crippen LogP contribution in [0.25, 0.3) is 0 Å². The number of anilines is 1. The summed E-state index contributed by atoms with van der Waals surface area (Å²) in [5, 5.41) is 4.70. The number of aromatic nitrogens is 1. The average molecular weight is 269 g/mol. The molecule has 18 heavy (non-hydrogen) atoms. The first kappa shape index (κ1) is 13.6. The molecular formula is C13H23N3OS. The third kappa shape index (κ3) is 2.62. The first-order valence-corrected chi connectivity index (χ1v) is 7.38. The molecule has 0 spiro atoms. The molecule has 4 nitrogen and oxygen atoms in total. The van der Waals surface area contributed by atoms with E-state index in [0.29, 0.717) is 5.54 Å². The Bertz CT molecular complexity index is 393. The Hall–Kier alpha value is -0.810. The second-order valence-corrected chi connectivity index (χ2v) is 6.23. The molecule has 0 aromatic carbocycles. The Morgan fingerprint density at radius 3 is 2.61 bits per heavy atom. The number of hydrogen-bond donors (Lipinski definition) is 1. The smallest absolute Gasteiger partial charge is 0.230 e. The third-order valence-electron chi connectivity index (χ3n) is 3.84. The van der Waals surface area contributed by atoms with Crippen LogP contribution >= 0.6 is 11.3 Å². The number of rotatable bonds is 6. The third-order valence-corrected chi connectivity index (χ3v) is 5.04. The van der Waals surface area contributed by atoms with Crippen LogP contribution in [0.5, 0.6) is 5.88 Å². The van der Waals surface area contributed by atoms with E-state index in [-0.39, 0.29) is 0 Å². The lowest BCUT2D eigenvalue weighted by atomic mass is 9.75. The Kier molecular flexibility index (Phi) is 4.12. The van der Waals surface area contributed by atoms with Crippen LogP contribution in [0.2, 0.25) is 0 Å². The van der Waals surface area contributed by atoms with E-state index in [9.17, 15) is 0 Å². The zero-order chi connectivity index (χ0) is 13.2. The molecule has 1 saturated carbocycles. The average Bonchev–Trinajstić information content (AvgIpc) is 2.72. The molecule has 0 unspecified atom stereocenters. The van der Waals surface area contributed by atoms with Crippen molar-refractivity contribution in [1.29, 1.82) is 0 Å². The van der Waals surface area contributed by atoms with Gasteiger partial charge < -0.3 is 15.0 Å². The summed E-state index contributed by atoms with van der Waals surface area (Å²) in [6.45, 7) is 3.13. The standard InChI is InChI=1S/C13H23N3OS/c1-5-13(7-6-8-13)14-9-10-11(17-4)15-12(18-10)16(2)3/h14H,5-9H2,1-4H3. The van der Waals surface area contributed by atoms with Gasteiger partial charge in [0.1, 0.15) is 0 Å². The van der Waals surface area contributed by atoms with Crippen LogP contribution in [0.4, 0.5) is 5.13 Å². The summed E-state index contributed by atoms with van der Waals surface area (Å²) in [5.41, 5.74) is 0.368. The molecule has 0 saturated heterocycles. The van der Waals surface area contributed by atoms with Gasteiger partial charge in [-0.05, 0) is 25.7 Å². The Morgan fingerprint density at radius 1 is 1.44 bits per heavy atom. The molecule has 1 aromatic rings. The van der Waals surface area contributed by atoms with Gasteiger partial charge in [0.05, 0.1) is 12.0 Å². The molecule has 0 bridgehead atoms. The minimum atomic E-state index is 0.368. The second-order valence-electron chi connectivity index (χ2n) is 5.16.